The van der Waals surface area contributed by atoms with E-state index >= 15 is 0 Å². The number of allylic oxidation sites excluding steroid dienone is 1. The molecule has 0 saturated carbocycles. The molecule has 17 heavy (non-hydrogen) atoms. The fourth-order valence-corrected chi connectivity index (χ4v) is 2.80. The predicted octanol–water partition coefficient (Wildman–Crippen LogP) is 3.44. The molecule has 0 radical (unpaired) electrons. The molecule has 1 aliphatic rings. The highest BCUT2D eigenvalue weighted by Gasteiger charge is 2.27. The number of hydrogen-bond acceptors (Lipinski definition) is 1. The molecule has 2 atom stereocenters. The highest BCUT2D eigenvalue weighted by Crippen LogP contribution is 2.34. The van der Waals surface area contributed by atoms with Gasteiger partial charge < -0.3 is 5.32 Å². The first-order valence-electron chi connectivity index (χ1n) is 6.39. The smallest absolute Gasteiger partial charge is 0.0145 e. The standard InChI is InChI=1S/C16H21N/c1-3-7-15-14-9-6-5-8-13(14)10-11-16(15)17-12-4-2/h3-6,8-9,15-17H,1-2,7,10-12H2/t15-,16-/m1/s1. The van der Waals surface area contributed by atoms with Crippen LogP contribution in [0.5, 0.6) is 0 Å². The van der Waals surface area contributed by atoms with Gasteiger partial charge in [-0.25, -0.2) is 0 Å². The number of hydrogen-bond donors (Lipinski definition) is 1. The van der Waals surface area contributed by atoms with E-state index in [-0.39, 0.29) is 0 Å². The zero-order valence-electron chi connectivity index (χ0n) is 10.4. The maximum absolute atomic E-state index is 3.89. The van der Waals surface area contributed by atoms with Crippen LogP contribution in [0.1, 0.15) is 29.9 Å². The molecule has 90 valence electrons. The number of fused-ring (bicyclic) bond motifs is 1. The van der Waals surface area contributed by atoms with Gasteiger partial charge in [0.15, 0.2) is 0 Å². The average molecular weight is 227 g/mol. The summed E-state index contributed by atoms with van der Waals surface area (Å²) in [4.78, 5) is 0. The molecule has 0 unspecified atom stereocenters. The summed E-state index contributed by atoms with van der Waals surface area (Å²) in [7, 11) is 0. The summed E-state index contributed by atoms with van der Waals surface area (Å²) < 4.78 is 0. The minimum atomic E-state index is 0.556. The van der Waals surface area contributed by atoms with E-state index in [1.54, 1.807) is 0 Å². The molecule has 0 aromatic heterocycles. The Kier molecular flexibility index (Phi) is 4.16. The molecule has 0 bridgehead atoms. The van der Waals surface area contributed by atoms with E-state index in [9.17, 15) is 0 Å². The Bertz CT molecular complexity index is 394. The van der Waals surface area contributed by atoms with Crippen LogP contribution in [-0.4, -0.2) is 12.6 Å². The summed E-state index contributed by atoms with van der Waals surface area (Å²) in [5, 5.41) is 3.58. The summed E-state index contributed by atoms with van der Waals surface area (Å²) in [6.45, 7) is 8.56. The van der Waals surface area contributed by atoms with Gasteiger partial charge in [0.1, 0.15) is 0 Å². The third-order valence-electron chi connectivity index (χ3n) is 3.61. The Morgan fingerprint density at radius 3 is 2.82 bits per heavy atom. The molecule has 0 aliphatic heterocycles. The van der Waals surface area contributed by atoms with E-state index in [0.29, 0.717) is 12.0 Å². The Morgan fingerprint density at radius 2 is 2.06 bits per heavy atom. The number of aryl methyl sites for hydroxylation is 1. The molecule has 1 N–H and O–H groups in total. The molecule has 1 aliphatic carbocycles. The van der Waals surface area contributed by atoms with Crippen LogP contribution in [0.3, 0.4) is 0 Å². The van der Waals surface area contributed by atoms with Crippen molar-refractivity contribution in [2.75, 3.05) is 6.54 Å². The Balaban J connectivity index is 2.22. The fourth-order valence-electron chi connectivity index (χ4n) is 2.80. The van der Waals surface area contributed by atoms with Crippen molar-refractivity contribution in [2.45, 2.75) is 31.2 Å². The highest BCUT2D eigenvalue weighted by molar-refractivity contribution is 5.34. The van der Waals surface area contributed by atoms with Gasteiger partial charge in [0.05, 0.1) is 0 Å². The van der Waals surface area contributed by atoms with Crippen molar-refractivity contribution in [3.05, 3.63) is 60.7 Å². The second kappa shape index (κ2) is 5.83. The molecule has 1 aromatic rings. The second-order valence-electron chi connectivity index (χ2n) is 4.67. The first kappa shape index (κ1) is 12.1. The molecule has 0 spiro atoms. The quantitative estimate of drug-likeness (QED) is 0.760. The molecular weight excluding hydrogens is 206 g/mol. The summed E-state index contributed by atoms with van der Waals surface area (Å²) in [5.74, 6) is 0.567. The van der Waals surface area contributed by atoms with E-state index < -0.39 is 0 Å². The number of rotatable bonds is 5. The van der Waals surface area contributed by atoms with E-state index in [0.717, 1.165) is 13.0 Å². The molecule has 1 heteroatoms. The first-order valence-corrected chi connectivity index (χ1v) is 6.39. The lowest BCUT2D eigenvalue weighted by Gasteiger charge is -2.33. The van der Waals surface area contributed by atoms with Gasteiger partial charge in [-0.1, -0.05) is 36.4 Å². The zero-order chi connectivity index (χ0) is 12.1. The van der Waals surface area contributed by atoms with Gasteiger partial charge in [-0.2, -0.15) is 0 Å². The number of benzene rings is 1. The van der Waals surface area contributed by atoms with E-state index in [1.807, 2.05) is 12.2 Å². The van der Waals surface area contributed by atoms with Gasteiger partial charge in [0.2, 0.25) is 0 Å². The van der Waals surface area contributed by atoms with Crippen LogP contribution in [0.25, 0.3) is 0 Å². The Hall–Kier alpha value is -1.34. The van der Waals surface area contributed by atoms with Crippen LogP contribution in [0.15, 0.2) is 49.6 Å². The molecule has 0 amide bonds. The lowest BCUT2D eigenvalue weighted by molar-refractivity contribution is 0.402. The van der Waals surface area contributed by atoms with Crippen molar-refractivity contribution in [1.29, 1.82) is 0 Å². The van der Waals surface area contributed by atoms with Crippen molar-refractivity contribution in [3.8, 4) is 0 Å². The third-order valence-corrected chi connectivity index (χ3v) is 3.61. The first-order chi connectivity index (χ1) is 8.36. The second-order valence-corrected chi connectivity index (χ2v) is 4.67. The molecule has 0 heterocycles. The molecule has 0 saturated heterocycles. The lowest BCUT2D eigenvalue weighted by atomic mass is 9.77. The predicted molar refractivity (Wildman–Crippen MR) is 74.3 cm³/mol. The van der Waals surface area contributed by atoms with Crippen molar-refractivity contribution < 1.29 is 0 Å². The summed E-state index contributed by atoms with van der Waals surface area (Å²) >= 11 is 0. The summed E-state index contributed by atoms with van der Waals surface area (Å²) in [6.07, 6.45) is 7.41. The van der Waals surface area contributed by atoms with E-state index in [4.69, 9.17) is 0 Å². The highest BCUT2D eigenvalue weighted by atomic mass is 14.9. The van der Waals surface area contributed by atoms with Crippen LogP contribution in [0, 0.1) is 0 Å². The Morgan fingerprint density at radius 1 is 1.24 bits per heavy atom. The topological polar surface area (TPSA) is 12.0 Å². The van der Waals surface area contributed by atoms with Gasteiger partial charge in [-0.3, -0.25) is 0 Å². The maximum atomic E-state index is 3.89. The monoisotopic (exact) mass is 227 g/mol. The minimum Gasteiger partial charge on any atom is -0.310 e. The van der Waals surface area contributed by atoms with Crippen molar-refractivity contribution in [1.82, 2.24) is 5.32 Å². The van der Waals surface area contributed by atoms with Crippen molar-refractivity contribution in [3.63, 3.8) is 0 Å². The van der Waals surface area contributed by atoms with Gasteiger partial charge in [0, 0.05) is 18.5 Å². The average Bonchev–Trinajstić information content (AvgIpc) is 2.38. The summed E-state index contributed by atoms with van der Waals surface area (Å²) in [5.41, 5.74) is 3.01. The number of nitrogens with one attached hydrogen (secondary N) is 1. The van der Waals surface area contributed by atoms with Crippen LogP contribution >= 0.6 is 0 Å². The van der Waals surface area contributed by atoms with Crippen LogP contribution in [0.4, 0.5) is 0 Å². The van der Waals surface area contributed by atoms with Crippen LogP contribution < -0.4 is 5.32 Å². The molecular formula is C16H21N. The zero-order valence-corrected chi connectivity index (χ0v) is 10.4. The largest absolute Gasteiger partial charge is 0.310 e. The maximum Gasteiger partial charge on any atom is 0.0145 e. The molecule has 1 nitrogen and oxygen atoms in total. The molecule has 0 fully saturated rings. The van der Waals surface area contributed by atoms with Crippen molar-refractivity contribution in [2.24, 2.45) is 0 Å². The van der Waals surface area contributed by atoms with E-state index in [2.05, 4.69) is 42.7 Å². The summed E-state index contributed by atoms with van der Waals surface area (Å²) in [6, 6.07) is 9.37. The molecule has 2 rings (SSSR count). The van der Waals surface area contributed by atoms with Crippen LogP contribution in [-0.2, 0) is 6.42 Å². The minimum absolute atomic E-state index is 0.556. The van der Waals surface area contributed by atoms with Gasteiger partial charge >= 0.3 is 0 Å². The Labute approximate surface area is 104 Å². The van der Waals surface area contributed by atoms with Gasteiger partial charge in [-0.05, 0) is 30.4 Å². The van der Waals surface area contributed by atoms with Gasteiger partial charge in [0.25, 0.3) is 0 Å². The normalized spacial score (nSPS) is 22.8. The van der Waals surface area contributed by atoms with Crippen molar-refractivity contribution >= 4 is 0 Å². The fraction of sp³-hybridized carbons (Fsp3) is 0.375. The third kappa shape index (κ3) is 2.67. The SMILES string of the molecule is C=CCN[C@@H]1CCc2ccccc2[C@H]1CC=C. The van der Waals surface area contributed by atoms with Gasteiger partial charge in [-0.15, -0.1) is 13.2 Å². The lowest BCUT2D eigenvalue weighted by Crippen LogP contribution is -2.38. The van der Waals surface area contributed by atoms with Crippen LogP contribution in [0.2, 0.25) is 0 Å². The van der Waals surface area contributed by atoms with E-state index in [1.165, 1.54) is 24.0 Å². The molecule has 1 aromatic carbocycles.